The van der Waals surface area contributed by atoms with Gasteiger partial charge < -0.3 is 19.7 Å². The maximum absolute atomic E-state index is 13.1. The van der Waals surface area contributed by atoms with Crippen molar-refractivity contribution in [3.8, 4) is 0 Å². The third kappa shape index (κ3) is 4.73. The van der Waals surface area contributed by atoms with Crippen LogP contribution in [0.5, 0.6) is 0 Å². The normalized spacial score (nSPS) is 20.7. The summed E-state index contributed by atoms with van der Waals surface area (Å²) in [6.45, 7) is 4.04. The van der Waals surface area contributed by atoms with E-state index < -0.39 is 0 Å². The van der Waals surface area contributed by atoms with Crippen LogP contribution < -0.4 is 5.32 Å². The van der Waals surface area contributed by atoms with E-state index in [-0.39, 0.29) is 18.0 Å². The van der Waals surface area contributed by atoms with Crippen molar-refractivity contribution in [2.45, 2.75) is 25.6 Å². The van der Waals surface area contributed by atoms with Gasteiger partial charge in [0.15, 0.2) is 6.29 Å². The van der Waals surface area contributed by atoms with Crippen LogP contribution in [0.3, 0.4) is 0 Å². The number of nitrogens with one attached hydrogen (secondary N) is 1. The molecule has 5 nitrogen and oxygen atoms in total. The van der Waals surface area contributed by atoms with E-state index in [0.717, 1.165) is 32.5 Å². The SMILES string of the molecule is O=C(CCN1CCC(C2OCCO2)CC1)Nc1cccc(F)c1. The summed E-state index contributed by atoms with van der Waals surface area (Å²) in [5.74, 6) is 0.0382. The van der Waals surface area contributed by atoms with Crippen LogP contribution in [0.1, 0.15) is 19.3 Å². The van der Waals surface area contributed by atoms with E-state index in [9.17, 15) is 9.18 Å². The second-order valence-corrected chi connectivity index (χ2v) is 6.10. The van der Waals surface area contributed by atoms with Crippen LogP contribution in [-0.4, -0.2) is 49.9 Å². The van der Waals surface area contributed by atoms with Crippen molar-refractivity contribution >= 4 is 11.6 Å². The lowest BCUT2D eigenvalue weighted by Crippen LogP contribution is -2.39. The Balaban J connectivity index is 1.36. The summed E-state index contributed by atoms with van der Waals surface area (Å²) < 4.78 is 24.2. The Hall–Kier alpha value is -1.50. The van der Waals surface area contributed by atoms with Crippen molar-refractivity contribution in [3.05, 3.63) is 30.1 Å². The Kier molecular flexibility index (Phi) is 5.59. The zero-order chi connectivity index (χ0) is 16.1. The van der Waals surface area contributed by atoms with Crippen molar-refractivity contribution in [2.24, 2.45) is 5.92 Å². The molecule has 0 bridgehead atoms. The number of rotatable bonds is 5. The Morgan fingerprint density at radius 3 is 2.70 bits per heavy atom. The molecule has 3 rings (SSSR count). The van der Waals surface area contributed by atoms with E-state index >= 15 is 0 Å². The van der Waals surface area contributed by atoms with Crippen LogP contribution in [0.25, 0.3) is 0 Å². The Morgan fingerprint density at radius 1 is 1.26 bits per heavy atom. The number of likely N-dealkylation sites (tertiary alicyclic amines) is 1. The minimum Gasteiger partial charge on any atom is -0.350 e. The number of carbonyl (C=O) groups excluding carboxylic acids is 1. The zero-order valence-corrected chi connectivity index (χ0v) is 13.2. The van der Waals surface area contributed by atoms with Crippen molar-refractivity contribution < 1.29 is 18.7 Å². The smallest absolute Gasteiger partial charge is 0.225 e. The van der Waals surface area contributed by atoms with Crippen LogP contribution in [0.2, 0.25) is 0 Å². The van der Waals surface area contributed by atoms with Gasteiger partial charge in [-0.1, -0.05) is 6.07 Å². The maximum Gasteiger partial charge on any atom is 0.225 e. The molecule has 0 unspecified atom stereocenters. The number of carbonyl (C=O) groups is 1. The van der Waals surface area contributed by atoms with E-state index in [4.69, 9.17) is 9.47 Å². The topological polar surface area (TPSA) is 50.8 Å². The minimum absolute atomic E-state index is 0.0339. The monoisotopic (exact) mass is 322 g/mol. The number of ether oxygens (including phenoxy) is 2. The van der Waals surface area contributed by atoms with Crippen LogP contribution in [0, 0.1) is 11.7 Å². The fourth-order valence-corrected chi connectivity index (χ4v) is 3.15. The fraction of sp³-hybridized carbons (Fsp3) is 0.588. The molecule has 0 spiro atoms. The number of benzene rings is 1. The van der Waals surface area contributed by atoms with Crippen molar-refractivity contribution in [2.75, 3.05) is 38.2 Å². The second-order valence-electron chi connectivity index (χ2n) is 6.10. The average molecular weight is 322 g/mol. The highest BCUT2D eigenvalue weighted by Gasteiger charge is 2.30. The van der Waals surface area contributed by atoms with Gasteiger partial charge in [-0.2, -0.15) is 0 Å². The maximum atomic E-state index is 13.1. The molecule has 2 fully saturated rings. The molecule has 1 amide bonds. The Labute approximate surface area is 135 Å². The molecule has 0 atom stereocenters. The summed E-state index contributed by atoms with van der Waals surface area (Å²) in [6, 6.07) is 5.96. The molecule has 2 aliphatic heterocycles. The highest BCUT2D eigenvalue weighted by atomic mass is 19.1. The van der Waals surface area contributed by atoms with E-state index in [1.807, 2.05) is 0 Å². The quantitative estimate of drug-likeness (QED) is 0.903. The lowest BCUT2D eigenvalue weighted by molar-refractivity contribution is -0.117. The third-order valence-corrected chi connectivity index (χ3v) is 4.43. The zero-order valence-electron chi connectivity index (χ0n) is 13.2. The Bertz CT molecular complexity index is 526. The second kappa shape index (κ2) is 7.86. The molecule has 23 heavy (non-hydrogen) atoms. The number of halogens is 1. The molecule has 1 N–H and O–H groups in total. The first-order chi connectivity index (χ1) is 11.2. The van der Waals surface area contributed by atoms with Gasteiger partial charge in [-0.05, 0) is 44.1 Å². The van der Waals surface area contributed by atoms with Crippen molar-refractivity contribution in [3.63, 3.8) is 0 Å². The summed E-state index contributed by atoms with van der Waals surface area (Å²) >= 11 is 0. The van der Waals surface area contributed by atoms with Gasteiger partial charge in [0.1, 0.15) is 5.82 Å². The van der Waals surface area contributed by atoms with Crippen LogP contribution in [0.15, 0.2) is 24.3 Å². The predicted octanol–water partition coefficient (Wildman–Crippen LogP) is 2.24. The lowest BCUT2D eigenvalue weighted by atomic mass is 9.96. The van der Waals surface area contributed by atoms with Gasteiger partial charge in [-0.15, -0.1) is 0 Å². The summed E-state index contributed by atoms with van der Waals surface area (Å²) in [6.07, 6.45) is 2.46. The molecule has 2 aliphatic rings. The number of hydrogen-bond acceptors (Lipinski definition) is 4. The van der Waals surface area contributed by atoms with Gasteiger partial charge >= 0.3 is 0 Å². The molecule has 2 saturated heterocycles. The molecule has 0 aliphatic carbocycles. The molecule has 1 aromatic carbocycles. The summed E-state index contributed by atoms with van der Waals surface area (Å²) in [5, 5.41) is 2.73. The van der Waals surface area contributed by atoms with Gasteiger partial charge in [0.2, 0.25) is 5.91 Å². The number of nitrogens with zero attached hydrogens (tertiary/aromatic N) is 1. The highest BCUT2D eigenvalue weighted by Crippen LogP contribution is 2.25. The molecule has 0 saturated carbocycles. The van der Waals surface area contributed by atoms with Gasteiger partial charge in [0.05, 0.1) is 13.2 Å². The first-order valence-corrected chi connectivity index (χ1v) is 8.22. The van der Waals surface area contributed by atoms with Crippen molar-refractivity contribution in [1.29, 1.82) is 0 Å². The lowest BCUT2D eigenvalue weighted by Gasteiger charge is -2.33. The molecule has 0 radical (unpaired) electrons. The third-order valence-electron chi connectivity index (χ3n) is 4.43. The average Bonchev–Trinajstić information content (AvgIpc) is 3.08. The van der Waals surface area contributed by atoms with Gasteiger partial charge in [0.25, 0.3) is 0 Å². The van der Waals surface area contributed by atoms with Gasteiger partial charge in [0, 0.05) is 24.6 Å². The van der Waals surface area contributed by atoms with Gasteiger partial charge in [-0.3, -0.25) is 4.79 Å². The summed E-state index contributed by atoms with van der Waals surface area (Å²) in [7, 11) is 0. The molecule has 0 aromatic heterocycles. The summed E-state index contributed by atoms with van der Waals surface area (Å²) in [5.41, 5.74) is 0.504. The summed E-state index contributed by atoms with van der Waals surface area (Å²) in [4.78, 5) is 14.2. The van der Waals surface area contributed by atoms with Crippen LogP contribution >= 0.6 is 0 Å². The van der Waals surface area contributed by atoms with E-state index in [2.05, 4.69) is 10.2 Å². The van der Waals surface area contributed by atoms with E-state index in [0.29, 0.717) is 31.2 Å². The van der Waals surface area contributed by atoms with E-state index in [1.165, 1.54) is 12.1 Å². The molecule has 1 aromatic rings. The number of piperidine rings is 1. The van der Waals surface area contributed by atoms with Crippen LogP contribution in [-0.2, 0) is 14.3 Å². The molecule has 6 heteroatoms. The first-order valence-electron chi connectivity index (χ1n) is 8.22. The van der Waals surface area contributed by atoms with Gasteiger partial charge in [-0.25, -0.2) is 4.39 Å². The Morgan fingerprint density at radius 2 is 2.00 bits per heavy atom. The molecular formula is C17H23FN2O3. The predicted molar refractivity (Wildman–Crippen MR) is 84.5 cm³/mol. The minimum atomic E-state index is -0.346. The molecular weight excluding hydrogens is 299 g/mol. The molecule has 126 valence electrons. The fourth-order valence-electron chi connectivity index (χ4n) is 3.15. The number of anilines is 1. The number of hydrogen-bond donors (Lipinski definition) is 1. The number of amides is 1. The van der Waals surface area contributed by atoms with E-state index in [1.54, 1.807) is 12.1 Å². The molecule has 2 heterocycles. The largest absolute Gasteiger partial charge is 0.350 e. The van der Waals surface area contributed by atoms with Crippen LogP contribution in [0.4, 0.5) is 10.1 Å². The standard InChI is InChI=1S/C17H23FN2O3/c18-14-2-1-3-15(12-14)19-16(21)6-9-20-7-4-13(5-8-20)17-22-10-11-23-17/h1-3,12-13,17H,4-11H2,(H,19,21). The highest BCUT2D eigenvalue weighted by molar-refractivity contribution is 5.90. The first kappa shape index (κ1) is 16.4. The van der Waals surface area contributed by atoms with Crippen molar-refractivity contribution in [1.82, 2.24) is 4.90 Å².